The van der Waals surface area contributed by atoms with Crippen molar-refractivity contribution >= 4 is 0 Å². The van der Waals surface area contributed by atoms with Gasteiger partial charge < -0.3 is 10.1 Å². The molecule has 0 aliphatic heterocycles. The van der Waals surface area contributed by atoms with E-state index in [1.54, 1.807) is 7.11 Å². The summed E-state index contributed by atoms with van der Waals surface area (Å²) in [6.45, 7) is 5.26. The minimum atomic E-state index is 0.458. The summed E-state index contributed by atoms with van der Waals surface area (Å²) in [5.41, 5.74) is 1.07. The summed E-state index contributed by atoms with van der Waals surface area (Å²) in [6.07, 6.45) is 0.936. The zero-order valence-electron chi connectivity index (χ0n) is 9.08. The first-order valence-electron chi connectivity index (χ1n) is 4.99. The van der Waals surface area contributed by atoms with E-state index in [1.165, 1.54) is 0 Å². The Kier molecular flexibility index (Phi) is 4.40. The van der Waals surface area contributed by atoms with Gasteiger partial charge in [0.25, 0.3) is 0 Å². The van der Waals surface area contributed by atoms with Gasteiger partial charge in [-0.05, 0) is 19.5 Å². The fourth-order valence-corrected chi connectivity index (χ4v) is 1.42. The summed E-state index contributed by atoms with van der Waals surface area (Å²) in [4.78, 5) is 4.35. The number of methoxy groups -OCH3 is 1. The second-order valence-corrected chi connectivity index (χ2v) is 3.33. The molecule has 1 unspecified atom stereocenters. The molecule has 0 aromatic carbocycles. The van der Waals surface area contributed by atoms with Crippen LogP contribution in [0.4, 0.5) is 0 Å². The second kappa shape index (κ2) is 5.60. The Balaban J connectivity index is 2.57. The fraction of sp³-hybridized carbons (Fsp3) is 0.545. The van der Waals surface area contributed by atoms with Crippen molar-refractivity contribution in [1.29, 1.82) is 0 Å². The van der Waals surface area contributed by atoms with Gasteiger partial charge in [-0.15, -0.1) is 0 Å². The van der Waals surface area contributed by atoms with Crippen LogP contribution in [0.2, 0.25) is 0 Å². The van der Waals surface area contributed by atoms with Crippen molar-refractivity contribution < 1.29 is 4.74 Å². The Morgan fingerprint density at radius 3 is 2.93 bits per heavy atom. The zero-order chi connectivity index (χ0) is 10.4. The summed E-state index contributed by atoms with van der Waals surface area (Å²) in [6, 6.07) is 6.32. The number of nitrogens with one attached hydrogen (secondary N) is 1. The van der Waals surface area contributed by atoms with Crippen molar-refractivity contribution in [3.8, 4) is 5.88 Å². The lowest BCUT2D eigenvalue weighted by Crippen LogP contribution is -2.27. The number of aromatic nitrogens is 1. The Bertz CT molecular complexity index is 276. The van der Waals surface area contributed by atoms with Crippen LogP contribution in [-0.2, 0) is 6.42 Å². The molecule has 14 heavy (non-hydrogen) atoms. The molecule has 3 nitrogen and oxygen atoms in total. The molecule has 0 aliphatic rings. The molecule has 1 aromatic rings. The van der Waals surface area contributed by atoms with E-state index in [4.69, 9.17) is 4.74 Å². The molecule has 1 heterocycles. The Labute approximate surface area is 85.5 Å². The number of likely N-dealkylation sites (N-methyl/N-ethyl adjacent to an activating group) is 1. The molecular weight excluding hydrogens is 176 g/mol. The van der Waals surface area contributed by atoms with Gasteiger partial charge in [0.15, 0.2) is 0 Å². The Morgan fingerprint density at radius 2 is 2.29 bits per heavy atom. The first kappa shape index (κ1) is 11.0. The summed E-state index contributed by atoms with van der Waals surface area (Å²) < 4.78 is 5.06. The maximum atomic E-state index is 5.06. The molecule has 1 N–H and O–H groups in total. The van der Waals surface area contributed by atoms with Crippen LogP contribution < -0.4 is 10.1 Å². The molecule has 0 saturated heterocycles. The van der Waals surface area contributed by atoms with Crippen molar-refractivity contribution in [2.75, 3.05) is 13.7 Å². The van der Waals surface area contributed by atoms with E-state index in [1.807, 2.05) is 18.2 Å². The normalized spacial score (nSPS) is 12.5. The highest BCUT2D eigenvalue weighted by Crippen LogP contribution is 2.08. The van der Waals surface area contributed by atoms with Crippen LogP contribution in [0, 0.1) is 0 Å². The van der Waals surface area contributed by atoms with E-state index in [0.29, 0.717) is 11.9 Å². The average molecular weight is 194 g/mol. The molecule has 1 aromatic heterocycles. The second-order valence-electron chi connectivity index (χ2n) is 3.33. The van der Waals surface area contributed by atoms with Crippen LogP contribution >= 0.6 is 0 Å². The number of nitrogens with zero attached hydrogens (tertiary/aromatic N) is 1. The SMILES string of the molecule is CCNC(C)Cc1cccc(OC)n1. The van der Waals surface area contributed by atoms with Gasteiger partial charge in [0.2, 0.25) is 5.88 Å². The van der Waals surface area contributed by atoms with Crippen LogP contribution in [0.5, 0.6) is 5.88 Å². The fourth-order valence-electron chi connectivity index (χ4n) is 1.42. The topological polar surface area (TPSA) is 34.1 Å². The summed E-state index contributed by atoms with van der Waals surface area (Å²) in [5.74, 6) is 0.686. The van der Waals surface area contributed by atoms with E-state index < -0.39 is 0 Å². The smallest absolute Gasteiger partial charge is 0.213 e. The number of hydrogen-bond acceptors (Lipinski definition) is 3. The number of rotatable bonds is 5. The van der Waals surface area contributed by atoms with Crippen molar-refractivity contribution in [2.24, 2.45) is 0 Å². The molecule has 0 aliphatic carbocycles. The molecule has 78 valence electrons. The van der Waals surface area contributed by atoms with Gasteiger partial charge in [0.1, 0.15) is 0 Å². The Hall–Kier alpha value is -1.09. The van der Waals surface area contributed by atoms with Crippen LogP contribution in [0.1, 0.15) is 19.5 Å². The van der Waals surface area contributed by atoms with Gasteiger partial charge in [0.05, 0.1) is 7.11 Å². The van der Waals surface area contributed by atoms with Crippen LogP contribution in [0.25, 0.3) is 0 Å². The van der Waals surface area contributed by atoms with Crippen molar-refractivity contribution in [2.45, 2.75) is 26.3 Å². The van der Waals surface area contributed by atoms with Crippen LogP contribution in [-0.4, -0.2) is 24.7 Å². The van der Waals surface area contributed by atoms with Crippen LogP contribution in [0.3, 0.4) is 0 Å². The van der Waals surface area contributed by atoms with E-state index >= 15 is 0 Å². The van der Waals surface area contributed by atoms with E-state index in [9.17, 15) is 0 Å². The minimum absolute atomic E-state index is 0.458. The lowest BCUT2D eigenvalue weighted by atomic mass is 10.1. The first-order valence-corrected chi connectivity index (χ1v) is 4.99. The molecular formula is C11H18N2O. The monoisotopic (exact) mass is 194 g/mol. The summed E-state index contributed by atoms with van der Waals surface area (Å²) >= 11 is 0. The molecule has 0 spiro atoms. The lowest BCUT2D eigenvalue weighted by Gasteiger charge is -2.11. The van der Waals surface area contributed by atoms with Gasteiger partial charge >= 0.3 is 0 Å². The van der Waals surface area contributed by atoms with E-state index in [-0.39, 0.29) is 0 Å². The third-order valence-electron chi connectivity index (χ3n) is 2.06. The predicted molar refractivity (Wildman–Crippen MR) is 57.6 cm³/mol. The quantitative estimate of drug-likeness (QED) is 0.773. The van der Waals surface area contributed by atoms with Gasteiger partial charge in [-0.2, -0.15) is 0 Å². The summed E-state index contributed by atoms with van der Waals surface area (Å²) in [5, 5.41) is 3.35. The van der Waals surface area contributed by atoms with Gasteiger partial charge in [0, 0.05) is 24.2 Å². The molecule has 0 fully saturated rings. The van der Waals surface area contributed by atoms with Crippen molar-refractivity contribution in [3.63, 3.8) is 0 Å². The van der Waals surface area contributed by atoms with Crippen molar-refractivity contribution in [1.82, 2.24) is 10.3 Å². The maximum absolute atomic E-state index is 5.06. The van der Waals surface area contributed by atoms with Gasteiger partial charge in [-0.3, -0.25) is 0 Å². The van der Waals surface area contributed by atoms with Gasteiger partial charge in [-0.1, -0.05) is 13.0 Å². The highest BCUT2D eigenvalue weighted by Gasteiger charge is 2.03. The largest absolute Gasteiger partial charge is 0.481 e. The minimum Gasteiger partial charge on any atom is -0.481 e. The summed E-state index contributed by atoms with van der Waals surface area (Å²) in [7, 11) is 1.64. The Morgan fingerprint density at radius 1 is 1.50 bits per heavy atom. The van der Waals surface area contributed by atoms with Gasteiger partial charge in [-0.25, -0.2) is 4.98 Å². The third-order valence-corrected chi connectivity index (χ3v) is 2.06. The first-order chi connectivity index (χ1) is 6.76. The lowest BCUT2D eigenvalue weighted by molar-refractivity contribution is 0.395. The molecule has 3 heteroatoms. The molecule has 0 bridgehead atoms. The predicted octanol–water partition coefficient (Wildman–Crippen LogP) is 1.63. The third kappa shape index (κ3) is 3.34. The highest BCUT2D eigenvalue weighted by atomic mass is 16.5. The van der Waals surface area contributed by atoms with Crippen molar-refractivity contribution in [3.05, 3.63) is 23.9 Å². The maximum Gasteiger partial charge on any atom is 0.213 e. The zero-order valence-corrected chi connectivity index (χ0v) is 9.08. The molecule has 0 saturated carbocycles. The molecule has 1 atom stereocenters. The van der Waals surface area contributed by atoms with E-state index in [0.717, 1.165) is 18.7 Å². The van der Waals surface area contributed by atoms with Crippen LogP contribution in [0.15, 0.2) is 18.2 Å². The number of ether oxygens (including phenoxy) is 1. The standard InChI is InChI=1S/C11H18N2O/c1-4-12-9(2)8-10-6-5-7-11(13-10)14-3/h5-7,9,12H,4,8H2,1-3H3. The molecule has 0 amide bonds. The highest BCUT2D eigenvalue weighted by molar-refractivity contribution is 5.16. The molecule has 1 rings (SSSR count). The number of pyridine rings is 1. The average Bonchev–Trinajstić information content (AvgIpc) is 2.18. The van der Waals surface area contributed by atoms with E-state index in [2.05, 4.69) is 24.1 Å². The number of hydrogen-bond donors (Lipinski definition) is 1. The molecule has 0 radical (unpaired) electrons.